The summed E-state index contributed by atoms with van der Waals surface area (Å²) in [5, 5.41) is 9.33. The molecule has 0 aliphatic carbocycles. The number of nitrogens with zero attached hydrogens (tertiary/aromatic N) is 3. The van der Waals surface area contributed by atoms with Crippen molar-refractivity contribution in [2.24, 2.45) is 0 Å². The van der Waals surface area contributed by atoms with Crippen LogP contribution in [0.3, 0.4) is 0 Å². The average molecular weight is 353 g/mol. The fourth-order valence-electron chi connectivity index (χ4n) is 2.38. The zero-order chi connectivity index (χ0) is 18.7. The predicted octanol–water partition coefficient (Wildman–Crippen LogP) is 3.04. The fourth-order valence-corrected chi connectivity index (χ4v) is 2.38. The van der Waals surface area contributed by atoms with Crippen molar-refractivity contribution in [1.82, 2.24) is 9.97 Å². The second-order valence-corrected chi connectivity index (χ2v) is 5.32. The van der Waals surface area contributed by atoms with Crippen molar-refractivity contribution in [3.8, 4) is 23.1 Å². The predicted molar refractivity (Wildman–Crippen MR) is 91.7 cm³/mol. The SMILES string of the molecule is N#Cc1c(N)nc(N)nc1-c1ccc(F)cc1OCc1ccccc1F. The van der Waals surface area contributed by atoms with Gasteiger partial charge in [0.25, 0.3) is 0 Å². The minimum atomic E-state index is -0.564. The normalized spacial score (nSPS) is 10.3. The molecule has 130 valence electrons. The molecule has 1 aromatic heterocycles. The van der Waals surface area contributed by atoms with Crippen LogP contribution in [-0.4, -0.2) is 9.97 Å². The first kappa shape index (κ1) is 17.1. The van der Waals surface area contributed by atoms with E-state index in [0.29, 0.717) is 11.1 Å². The number of hydrogen-bond donors (Lipinski definition) is 2. The van der Waals surface area contributed by atoms with Gasteiger partial charge in [0.2, 0.25) is 5.95 Å². The molecule has 0 aliphatic rings. The zero-order valence-corrected chi connectivity index (χ0v) is 13.4. The van der Waals surface area contributed by atoms with Crippen molar-refractivity contribution in [2.45, 2.75) is 6.61 Å². The van der Waals surface area contributed by atoms with E-state index in [9.17, 15) is 14.0 Å². The van der Waals surface area contributed by atoms with Crippen LogP contribution in [0, 0.1) is 23.0 Å². The van der Waals surface area contributed by atoms with Crippen molar-refractivity contribution in [3.05, 3.63) is 65.2 Å². The summed E-state index contributed by atoms with van der Waals surface area (Å²) in [5.41, 5.74) is 12.0. The van der Waals surface area contributed by atoms with E-state index in [0.717, 1.165) is 6.07 Å². The maximum Gasteiger partial charge on any atom is 0.222 e. The molecule has 0 aliphatic heterocycles. The molecular formula is C18H13F2N5O. The Labute approximate surface area is 147 Å². The van der Waals surface area contributed by atoms with E-state index in [1.807, 2.05) is 6.07 Å². The number of hydrogen-bond acceptors (Lipinski definition) is 6. The number of ether oxygens (including phenoxy) is 1. The van der Waals surface area contributed by atoms with Crippen molar-refractivity contribution < 1.29 is 13.5 Å². The molecule has 26 heavy (non-hydrogen) atoms. The van der Waals surface area contributed by atoms with Gasteiger partial charge in [-0.05, 0) is 18.2 Å². The summed E-state index contributed by atoms with van der Waals surface area (Å²) in [6, 6.07) is 11.6. The molecule has 8 heteroatoms. The maximum absolute atomic E-state index is 13.8. The standard InChI is InChI=1S/C18H13F2N5O/c19-11-5-6-12(16-13(8-21)17(22)25-18(23)24-16)15(7-11)26-9-10-3-1-2-4-14(10)20/h1-7H,9H2,(H4,22,23,24,25). The first-order valence-electron chi connectivity index (χ1n) is 7.49. The Morgan fingerprint density at radius 1 is 1.08 bits per heavy atom. The third kappa shape index (κ3) is 3.37. The highest BCUT2D eigenvalue weighted by atomic mass is 19.1. The van der Waals surface area contributed by atoms with Crippen LogP contribution in [0.5, 0.6) is 5.75 Å². The summed E-state index contributed by atoms with van der Waals surface area (Å²) in [5.74, 6) is -1.17. The van der Waals surface area contributed by atoms with E-state index in [1.54, 1.807) is 18.2 Å². The minimum absolute atomic E-state index is 0.0125. The highest BCUT2D eigenvalue weighted by molar-refractivity contribution is 5.77. The van der Waals surface area contributed by atoms with Gasteiger partial charge in [0, 0.05) is 17.2 Å². The third-order valence-electron chi connectivity index (χ3n) is 3.61. The van der Waals surface area contributed by atoms with Gasteiger partial charge in [0.1, 0.15) is 41.4 Å². The van der Waals surface area contributed by atoms with Gasteiger partial charge in [-0.2, -0.15) is 10.2 Å². The zero-order valence-electron chi connectivity index (χ0n) is 13.4. The molecule has 1 heterocycles. The molecule has 0 saturated carbocycles. The van der Waals surface area contributed by atoms with Gasteiger partial charge < -0.3 is 16.2 Å². The molecule has 3 aromatic rings. The second-order valence-electron chi connectivity index (χ2n) is 5.32. The molecule has 0 spiro atoms. The Morgan fingerprint density at radius 3 is 2.58 bits per heavy atom. The van der Waals surface area contributed by atoms with Crippen molar-refractivity contribution in [1.29, 1.82) is 5.26 Å². The quantitative estimate of drug-likeness (QED) is 0.746. The molecule has 6 nitrogen and oxygen atoms in total. The largest absolute Gasteiger partial charge is 0.488 e. The van der Waals surface area contributed by atoms with Gasteiger partial charge in [0.05, 0.1) is 5.69 Å². The van der Waals surface area contributed by atoms with Gasteiger partial charge in [-0.3, -0.25) is 0 Å². The van der Waals surface area contributed by atoms with Gasteiger partial charge in [-0.15, -0.1) is 0 Å². The molecule has 0 bridgehead atoms. The van der Waals surface area contributed by atoms with Crippen LogP contribution in [0.4, 0.5) is 20.5 Å². The lowest BCUT2D eigenvalue weighted by molar-refractivity contribution is 0.299. The molecule has 0 radical (unpaired) electrons. The van der Waals surface area contributed by atoms with E-state index in [-0.39, 0.29) is 35.4 Å². The van der Waals surface area contributed by atoms with Crippen LogP contribution in [-0.2, 0) is 6.61 Å². The van der Waals surface area contributed by atoms with E-state index in [1.165, 1.54) is 18.2 Å². The maximum atomic E-state index is 13.8. The highest BCUT2D eigenvalue weighted by Gasteiger charge is 2.18. The van der Waals surface area contributed by atoms with Crippen LogP contribution < -0.4 is 16.2 Å². The molecule has 2 aromatic carbocycles. The summed E-state index contributed by atoms with van der Waals surface area (Å²) < 4.78 is 33.1. The summed E-state index contributed by atoms with van der Waals surface area (Å²) in [4.78, 5) is 7.77. The Bertz CT molecular complexity index is 1020. The number of halogens is 2. The van der Waals surface area contributed by atoms with Crippen LogP contribution in [0.2, 0.25) is 0 Å². The van der Waals surface area contributed by atoms with Crippen molar-refractivity contribution in [3.63, 3.8) is 0 Å². The molecule has 4 N–H and O–H groups in total. The summed E-state index contributed by atoms with van der Waals surface area (Å²) in [7, 11) is 0. The molecule has 0 atom stereocenters. The first-order valence-corrected chi connectivity index (χ1v) is 7.49. The molecule has 0 unspecified atom stereocenters. The van der Waals surface area contributed by atoms with Gasteiger partial charge >= 0.3 is 0 Å². The molecule has 0 amide bonds. The lowest BCUT2D eigenvalue weighted by Crippen LogP contribution is -2.06. The van der Waals surface area contributed by atoms with Gasteiger partial charge in [0.15, 0.2) is 0 Å². The van der Waals surface area contributed by atoms with Gasteiger partial charge in [-0.1, -0.05) is 18.2 Å². The lowest BCUT2D eigenvalue weighted by Gasteiger charge is -2.13. The fraction of sp³-hybridized carbons (Fsp3) is 0.0556. The Balaban J connectivity index is 2.05. The van der Waals surface area contributed by atoms with Crippen molar-refractivity contribution in [2.75, 3.05) is 11.5 Å². The number of anilines is 2. The minimum Gasteiger partial charge on any atom is -0.488 e. The smallest absolute Gasteiger partial charge is 0.222 e. The number of nitriles is 1. The lowest BCUT2D eigenvalue weighted by atomic mass is 10.1. The van der Waals surface area contributed by atoms with Crippen LogP contribution in [0.25, 0.3) is 11.3 Å². The van der Waals surface area contributed by atoms with E-state index < -0.39 is 11.6 Å². The van der Waals surface area contributed by atoms with E-state index in [4.69, 9.17) is 16.2 Å². The monoisotopic (exact) mass is 353 g/mol. The molecule has 0 saturated heterocycles. The number of nitrogens with two attached hydrogens (primary N) is 2. The molecule has 0 fully saturated rings. The Hall–Kier alpha value is -3.73. The van der Waals surface area contributed by atoms with E-state index >= 15 is 0 Å². The van der Waals surface area contributed by atoms with Crippen LogP contribution in [0.15, 0.2) is 42.5 Å². The number of aromatic nitrogens is 2. The second kappa shape index (κ2) is 7.03. The van der Waals surface area contributed by atoms with Gasteiger partial charge in [-0.25, -0.2) is 13.8 Å². The molecular weight excluding hydrogens is 340 g/mol. The first-order chi connectivity index (χ1) is 12.5. The summed E-state index contributed by atoms with van der Waals surface area (Å²) in [6.45, 7) is -0.138. The summed E-state index contributed by atoms with van der Waals surface area (Å²) in [6.07, 6.45) is 0. The van der Waals surface area contributed by atoms with Crippen LogP contribution >= 0.6 is 0 Å². The number of benzene rings is 2. The Kier molecular flexibility index (Phi) is 4.62. The highest BCUT2D eigenvalue weighted by Crippen LogP contribution is 2.34. The van der Waals surface area contributed by atoms with Crippen LogP contribution in [0.1, 0.15) is 11.1 Å². The van der Waals surface area contributed by atoms with Crippen molar-refractivity contribution >= 4 is 11.8 Å². The molecule has 3 rings (SSSR count). The number of rotatable bonds is 4. The topological polar surface area (TPSA) is 111 Å². The number of nitrogen functional groups attached to an aromatic ring is 2. The Morgan fingerprint density at radius 2 is 1.85 bits per heavy atom. The third-order valence-corrected chi connectivity index (χ3v) is 3.61. The average Bonchev–Trinajstić information content (AvgIpc) is 2.60. The summed E-state index contributed by atoms with van der Waals surface area (Å²) >= 11 is 0. The van der Waals surface area contributed by atoms with E-state index in [2.05, 4.69) is 9.97 Å².